The second kappa shape index (κ2) is 14.7. The minimum absolute atomic E-state index is 0.0728. The number of sulfonamides is 1. The standard InChI is InChI=1S/C34H29ClN4O6S/c1-24-7-19-32(20-8-24)46(42,43)39(22-25-9-11-26(35)12-10-25)23-31-18-17-30(45-31)21-36-38-34(41)33(40)37-27-13-15-29(16-14-27)44-28-5-3-2-4-6-28/h2-21H,22-23H2,1H3,(H,37,40)(H,38,41)/b36-21+. The maximum Gasteiger partial charge on any atom is 0.329 e. The molecule has 234 valence electrons. The fourth-order valence-corrected chi connectivity index (χ4v) is 5.75. The Kier molecular flexibility index (Phi) is 10.3. The lowest BCUT2D eigenvalue weighted by atomic mass is 10.2. The molecule has 2 N–H and O–H groups in total. The van der Waals surface area contributed by atoms with Gasteiger partial charge in [0.25, 0.3) is 0 Å². The molecule has 4 aromatic carbocycles. The molecule has 1 heterocycles. The van der Waals surface area contributed by atoms with E-state index < -0.39 is 21.8 Å². The number of hydrogen-bond donors (Lipinski definition) is 2. The van der Waals surface area contributed by atoms with Crippen molar-refractivity contribution in [2.75, 3.05) is 5.32 Å². The van der Waals surface area contributed by atoms with E-state index in [9.17, 15) is 18.0 Å². The van der Waals surface area contributed by atoms with Gasteiger partial charge in [0.15, 0.2) is 0 Å². The van der Waals surface area contributed by atoms with E-state index >= 15 is 0 Å². The van der Waals surface area contributed by atoms with Crippen molar-refractivity contribution in [1.82, 2.24) is 9.73 Å². The normalized spacial score (nSPS) is 11.5. The van der Waals surface area contributed by atoms with Crippen LogP contribution in [0.1, 0.15) is 22.6 Å². The van der Waals surface area contributed by atoms with Crippen molar-refractivity contribution in [2.24, 2.45) is 5.10 Å². The van der Waals surface area contributed by atoms with Gasteiger partial charge in [-0.15, -0.1) is 0 Å². The molecule has 0 fully saturated rings. The van der Waals surface area contributed by atoms with Crippen LogP contribution in [0, 0.1) is 6.92 Å². The van der Waals surface area contributed by atoms with Crippen LogP contribution in [-0.4, -0.2) is 30.8 Å². The zero-order chi connectivity index (χ0) is 32.5. The number of hydrazone groups is 1. The third kappa shape index (κ3) is 8.69. The summed E-state index contributed by atoms with van der Waals surface area (Å²) in [5.41, 5.74) is 4.22. The Morgan fingerprint density at radius 2 is 1.50 bits per heavy atom. The summed E-state index contributed by atoms with van der Waals surface area (Å²) < 4.78 is 40.0. The molecule has 2 amide bonds. The van der Waals surface area contributed by atoms with Crippen molar-refractivity contribution in [2.45, 2.75) is 24.9 Å². The van der Waals surface area contributed by atoms with E-state index in [4.69, 9.17) is 20.8 Å². The van der Waals surface area contributed by atoms with E-state index in [0.717, 1.165) is 11.1 Å². The van der Waals surface area contributed by atoms with E-state index in [1.165, 1.54) is 10.5 Å². The van der Waals surface area contributed by atoms with Gasteiger partial charge in [0.05, 0.1) is 17.7 Å². The van der Waals surface area contributed by atoms with E-state index in [1.54, 1.807) is 84.9 Å². The number of para-hydroxylation sites is 1. The van der Waals surface area contributed by atoms with Gasteiger partial charge in [-0.05, 0) is 85.3 Å². The number of aryl methyl sites for hydroxylation is 1. The third-order valence-corrected chi connectivity index (χ3v) is 8.66. The summed E-state index contributed by atoms with van der Waals surface area (Å²) in [5.74, 6) is -0.0995. The highest BCUT2D eigenvalue weighted by molar-refractivity contribution is 7.89. The maximum atomic E-state index is 13.6. The van der Waals surface area contributed by atoms with Gasteiger partial charge in [-0.25, -0.2) is 13.8 Å². The number of anilines is 1. The number of nitrogens with one attached hydrogen (secondary N) is 2. The summed E-state index contributed by atoms with van der Waals surface area (Å²) in [6, 6.07) is 32.5. The van der Waals surface area contributed by atoms with Crippen LogP contribution in [-0.2, 0) is 32.7 Å². The lowest BCUT2D eigenvalue weighted by Crippen LogP contribution is -2.32. The third-order valence-electron chi connectivity index (χ3n) is 6.60. The molecule has 0 atom stereocenters. The topological polar surface area (TPSA) is 130 Å². The summed E-state index contributed by atoms with van der Waals surface area (Å²) in [7, 11) is -3.90. The van der Waals surface area contributed by atoms with Crippen molar-refractivity contribution >= 4 is 45.3 Å². The second-order valence-electron chi connectivity index (χ2n) is 10.1. The molecule has 0 unspecified atom stereocenters. The number of furan rings is 1. The first-order valence-electron chi connectivity index (χ1n) is 14.0. The average molecular weight is 657 g/mol. The van der Waals surface area contributed by atoms with Crippen molar-refractivity contribution in [3.8, 4) is 11.5 Å². The predicted molar refractivity (Wildman–Crippen MR) is 175 cm³/mol. The minimum atomic E-state index is -3.90. The Morgan fingerprint density at radius 3 is 2.20 bits per heavy atom. The van der Waals surface area contributed by atoms with Gasteiger partial charge in [-0.2, -0.15) is 9.41 Å². The highest BCUT2D eigenvalue weighted by atomic mass is 35.5. The second-order valence-corrected chi connectivity index (χ2v) is 12.5. The van der Waals surface area contributed by atoms with Gasteiger partial charge in [-0.3, -0.25) is 9.59 Å². The molecule has 0 aliphatic carbocycles. The molecule has 10 nitrogen and oxygen atoms in total. The van der Waals surface area contributed by atoms with Crippen molar-refractivity contribution < 1.29 is 27.2 Å². The molecule has 0 aliphatic rings. The summed E-state index contributed by atoms with van der Waals surface area (Å²) in [6.45, 7) is 1.88. The zero-order valence-corrected chi connectivity index (χ0v) is 26.2. The first-order valence-corrected chi connectivity index (χ1v) is 15.8. The van der Waals surface area contributed by atoms with Gasteiger partial charge < -0.3 is 14.5 Å². The number of nitrogens with zero attached hydrogens (tertiary/aromatic N) is 2. The molecule has 0 spiro atoms. The first kappa shape index (κ1) is 32.2. The number of halogens is 1. The Balaban J connectivity index is 1.19. The maximum absolute atomic E-state index is 13.6. The molecule has 0 aliphatic heterocycles. The predicted octanol–water partition coefficient (Wildman–Crippen LogP) is 6.51. The molecule has 1 aromatic heterocycles. The highest BCUT2D eigenvalue weighted by Crippen LogP contribution is 2.24. The summed E-state index contributed by atoms with van der Waals surface area (Å²) in [4.78, 5) is 24.8. The molecule has 0 bridgehead atoms. The molecular formula is C34H29ClN4O6S. The fraction of sp³-hybridized carbons (Fsp3) is 0.0882. The van der Waals surface area contributed by atoms with Crippen LogP contribution in [0.2, 0.25) is 5.02 Å². The van der Waals surface area contributed by atoms with Gasteiger partial charge in [0.2, 0.25) is 10.0 Å². The van der Waals surface area contributed by atoms with E-state index in [2.05, 4.69) is 15.8 Å². The molecular weight excluding hydrogens is 628 g/mol. The molecule has 0 saturated heterocycles. The Bertz CT molecular complexity index is 1930. The number of ether oxygens (including phenoxy) is 1. The number of hydrogen-bond acceptors (Lipinski definition) is 7. The lowest BCUT2D eigenvalue weighted by molar-refractivity contribution is -0.136. The number of rotatable bonds is 11. The molecule has 0 radical (unpaired) electrons. The first-order chi connectivity index (χ1) is 22.2. The van der Waals surface area contributed by atoms with Crippen LogP contribution in [0.5, 0.6) is 11.5 Å². The SMILES string of the molecule is Cc1ccc(S(=O)(=O)N(Cc2ccc(Cl)cc2)Cc2ccc(/C=N/NC(=O)C(=O)Nc3ccc(Oc4ccccc4)cc3)o2)cc1. The summed E-state index contributed by atoms with van der Waals surface area (Å²) in [6.07, 6.45) is 1.21. The van der Waals surface area contributed by atoms with Crippen LogP contribution < -0.4 is 15.5 Å². The number of carbonyl (C=O) groups is 2. The highest BCUT2D eigenvalue weighted by Gasteiger charge is 2.26. The van der Waals surface area contributed by atoms with Gasteiger partial charge in [-0.1, -0.05) is 59.6 Å². The van der Waals surface area contributed by atoms with E-state index in [0.29, 0.717) is 28.0 Å². The Morgan fingerprint density at radius 1 is 0.826 bits per heavy atom. The van der Waals surface area contributed by atoms with E-state index in [-0.39, 0.29) is 23.7 Å². The smallest absolute Gasteiger partial charge is 0.329 e. The molecule has 12 heteroatoms. The number of carbonyl (C=O) groups excluding carboxylic acids is 2. The quantitative estimate of drug-likeness (QED) is 0.0947. The largest absolute Gasteiger partial charge is 0.459 e. The molecule has 5 rings (SSSR count). The monoisotopic (exact) mass is 656 g/mol. The van der Waals surface area contributed by atoms with Gasteiger partial charge in [0, 0.05) is 17.3 Å². The fourth-order valence-electron chi connectivity index (χ4n) is 4.23. The minimum Gasteiger partial charge on any atom is -0.459 e. The van der Waals surface area contributed by atoms with Gasteiger partial charge >= 0.3 is 11.8 Å². The summed E-state index contributed by atoms with van der Waals surface area (Å²) in [5, 5.41) is 6.82. The summed E-state index contributed by atoms with van der Waals surface area (Å²) >= 11 is 6.01. The van der Waals surface area contributed by atoms with Crippen LogP contribution >= 0.6 is 11.6 Å². The Hall–Kier alpha value is -5.23. The van der Waals surface area contributed by atoms with Crippen molar-refractivity contribution in [1.29, 1.82) is 0 Å². The van der Waals surface area contributed by atoms with Crippen LogP contribution in [0.4, 0.5) is 5.69 Å². The van der Waals surface area contributed by atoms with Crippen LogP contribution in [0.3, 0.4) is 0 Å². The van der Waals surface area contributed by atoms with Crippen LogP contribution in [0.15, 0.2) is 130 Å². The molecule has 5 aromatic rings. The zero-order valence-electron chi connectivity index (χ0n) is 24.6. The van der Waals surface area contributed by atoms with Crippen LogP contribution in [0.25, 0.3) is 0 Å². The lowest BCUT2D eigenvalue weighted by Gasteiger charge is -2.21. The number of amides is 2. The Labute approximate surface area is 271 Å². The molecule has 0 saturated carbocycles. The van der Waals surface area contributed by atoms with Crippen molar-refractivity contribution in [3.05, 3.63) is 143 Å². The van der Waals surface area contributed by atoms with Gasteiger partial charge in [0.1, 0.15) is 23.0 Å². The average Bonchev–Trinajstić information content (AvgIpc) is 3.50. The van der Waals surface area contributed by atoms with E-state index in [1.807, 2.05) is 37.3 Å². The number of benzene rings is 4. The molecule has 46 heavy (non-hydrogen) atoms. The van der Waals surface area contributed by atoms with Crippen molar-refractivity contribution in [3.63, 3.8) is 0 Å².